The van der Waals surface area contributed by atoms with Crippen molar-refractivity contribution in [3.8, 4) is 18.1 Å². The Morgan fingerprint density at radius 1 is 1.75 bits per heavy atom. The zero-order valence-corrected chi connectivity index (χ0v) is 6.62. The molecule has 0 saturated carbocycles. The Balaban J connectivity index is 2.71. The Morgan fingerprint density at radius 2 is 2.50 bits per heavy atom. The highest BCUT2D eigenvalue weighted by Gasteiger charge is 2.00. The molecule has 0 aromatic carbocycles. The summed E-state index contributed by atoms with van der Waals surface area (Å²) in [6.45, 7) is 1.71. The molecule has 1 aromatic rings. The monoisotopic (exact) mass is 165 g/mol. The fourth-order valence-electron chi connectivity index (χ4n) is 0.696. The first-order valence-corrected chi connectivity index (χ1v) is 3.46. The number of terminal acetylenes is 1. The smallest absolute Gasteiger partial charge is 0.216 e. The van der Waals surface area contributed by atoms with E-state index in [4.69, 9.17) is 11.2 Å². The average molecular weight is 165 g/mol. The van der Waals surface area contributed by atoms with Gasteiger partial charge in [-0.15, -0.1) is 6.42 Å². The molecule has 2 nitrogen and oxygen atoms in total. The van der Waals surface area contributed by atoms with Gasteiger partial charge in [-0.3, -0.25) is 0 Å². The van der Waals surface area contributed by atoms with E-state index in [0.29, 0.717) is 5.75 Å². The SMILES string of the molecule is C#CC(C)Oc1ccnc(F)c1. The van der Waals surface area contributed by atoms with Gasteiger partial charge in [0.1, 0.15) is 5.75 Å². The fourth-order valence-corrected chi connectivity index (χ4v) is 0.696. The van der Waals surface area contributed by atoms with Gasteiger partial charge in [-0.25, -0.2) is 4.98 Å². The summed E-state index contributed by atoms with van der Waals surface area (Å²) in [5, 5.41) is 0. The molecule has 0 aliphatic heterocycles. The molecule has 1 rings (SSSR count). The highest BCUT2D eigenvalue weighted by Crippen LogP contribution is 2.11. The van der Waals surface area contributed by atoms with Crippen molar-refractivity contribution in [1.29, 1.82) is 0 Å². The first kappa shape index (κ1) is 8.54. The molecule has 12 heavy (non-hydrogen) atoms. The average Bonchev–Trinajstić information content (AvgIpc) is 2.04. The van der Waals surface area contributed by atoms with Gasteiger partial charge >= 0.3 is 0 Å². The van der Waals surface area contributed by atoms with Gasteiger partial charge in [-0.2, -0.15) is 4.39 Å². The van der Waals surface area contributed by atoms with Crippen LogP contribution < -0.4 is 4.74 Å². The molecule has 1 aromatic heterocycles. The summed E-state index contributed by atoms with van der Waals surface area (Å²) in [7, 11) is 0. The molecule has 1 heterocycles. The highest BCUT2D eigenvalue weighted by molar-refractivity contribution is 5.19. The molecule has 0 bridgehead atoms. The number of hydrogen-bond acceptors (Lipinski definition) is 2. The largest absolute Gasteiger partial charge is 0.478 e. The van der Waals surface area contributed by atoms with Crippen LogP contribution in [0.25, 0.3) is 0 Å². The zero-order valence-electron chi connectivity index (χ0n) is 6.62. The number of rotatable bonds is 2. The summed E-state index contributed by atoms with van der Waals surface area (Å²) in [4.78, 5) is 3.37. The molecule has 1 unspecified atom stereocenters. The summed E-state index contributed by atoms with van der Waals surface area (Å²) in [5.74, 6) is 2.19. The van der Waals surface area contributed by atoms with Crippen molar-refractivity contribution < 1.29 is 9.13 Å². The van der Waals surface area contributed by atoms with Gasteiger partial charge < -0.3 is 4.74 Å². The van der Waals surface area contributed by atoms with Crippen molar-refractivity contribution in [2.45, 2.75) is 13.0 Å². The van der Waals surface area contributed by atoms with Gasteiger partial charge in [-0.1, -0.05) is 5.92 Å². The summed E-state index contributed by atoms with van der Waals surface area (Å²) in [5.41, 5.74) is 0. The summed E-state index contributed by atoms with van der Waals surface area (Å²) in [6.07, 6.45) is 6.05. The molecular weight excluding hydrogens is 157 g/mol. The van der Waals surface area contributed by atoms with Gasteiger partial charge in [0.25, 0.3) is 0 Å². The molecule has 1 atom stereocenters. The summed E-state index contributed by atoms with van der Waals surface area (Å²) < 4.78 is 17.6. The topological polar surface area (TPSA) is 22.1 Å². The van der Waals surface area contributed by atoms with Crippen molar-refractivity contribution >= 4 is 0 Å². The predicted molar refractivity (Wildman–Crippen MR) is 43.1 cm³/mol. The van der Waals surface area contributed by atoms with Crippen LogP contribution in [0.3, 0.4) is 0 Å². The lowest BCUT2D eigenvalue weighted by Gasteiger charge is -2.07. The Kier molecular flexibility index (Phi) is 2.65. The number of hydrogen-bond donors (Lipinski definition) is 0. The van der Waals surface area contributed by atoms with E-state index in [2.05, 4.69) is 10.9 Å². The van der Waals surface area contributed by atoms with Crippen molar-refractivity contribution in [2.24, 2.45) is 0 Å². The maximum Gasteiger partial charge on any atom is 0.216 e. The molecule has 0 radical (unpaired) electrons. The summed E-state index contributed by atoms with van der Waals surface area (Å²) >= 11 is 0. The molecule has 0 N–H and O–H groups in total. The minimum atomic E-state index is -0.572. The quantitative estimate of drug-likeness (QED) is 0.490. The van der Waals surface area contributed by atoms with Crippen LogP contribution in [0.5, 0.6) is 5.75 Å². The lowest BCUT2D eigenvalue weighted by Crippen LogP contribution is -2.08. The van der Waals surface area contributed by atoms with Gasteiger partial charge in [0.15, 0.2) is 6.10 Å². The standard InChI is InChI=1S/C9H8FNO/c1-3-7(2)12-8-4-5-11-9(10)6-8/h1,4-7H,2H3. The van der Waals surface area contributed by atoms with Crippen molar-refractivity contribution in [1.82, 2.24) is 4.98 Å². The highest BCUT2D eigenvalue weighted by atomic mass is 19.1. The minimum Gasteiger partial charge on any atom is -0.478 e. The van der Waals surface area contributed by atoms with Crippen LogP contribution in [0.1, 0.15) is 6.92 Å². The third kappa shape index (κ3) is 2.24. The number of nitrogens with zero attached hydrogens (tertiary/aromatic N) is 1. The molecule has 0 spiro atoms. The van der Waals surface area contributed by atoms with E-state index in [1.54, 1.807) is 13.0 Å². The number of ether oxygens (including phenoxy) is 1. The molecule has 0 aliphatic carbocycles. The summed E-state index contributed by atoms with van der Waals surface area (Å²) in [6, 6.07) is 2.74. The number of aromatic nitrogens is 1. The fraction of sp³-hybridized carbons (Fsp3) is 0.222. The molecule has 0 fully saturated rings. The van der Waals surface area contributed by atoms with Gasteiger partial charge in [-0.05, 0) is 13.0 Å². The Hall–Kier alpha value is -1.56. The van der Waals surface area contributed by atoms with Crippen LogP contribution in [0.4, 0.5) is 4.39 Å². The maximum atomic E-state index is 12.5. The first-order chi connectivity index (χ1) is 5.72. The lowest BCUT2D eigenvalue weighted by molar-refractivity contribution is 0.277. The second kappa shape index (κ2) is 3.72. The lowest BCUT2D eigenvalue weighted by atomic mass is 10.4. The van der Waals surface area contributed by atoms with E-state index >= 15 is 0 Å². The molecule has 3 heteroatoms. The van der Waals surface area contributed by atoms with Gasteiger partial charge in [0, 0.05) is 12.3 Å². The van der Waals surface area contributed by atoms with Gasteiger partial charge in [0.05, 0.1) is 0 Å². The van der Waals surface area contributed by atoms with Crippen LogP contribution in [-0.4, -0.2) is 11.1 Å². The molecule has 62 valence electrons. The van der Waals surface area contributed by atoms with Crippen LogP contribution in [0.2, 0.25) is 0 Å². The maximum absolute atomic E-state index is 12.5. The van der Waals surface area contributed by atoms with Crippen molar-refractivity contribution in [3.63, 3.8) is 0 Å². The van der Waals surface area contributed by atoms with Crippen LogP contribution >= 0.6 is 0 Å². The van der Waals surface area contributed by atoms with Crippen LogP contribution in [0.15, 0.2) is 18.3 Å². The van der Waals surface area contributed by atoms with Crippen molar-refractivity contribution in [2.75, 3.05) is 0 Å². The van der Waals surface area contributed by atoms with E-state index < -0.39 is 5.95 Å². The third-order valence-corrected chi connectivity index (χ3v) is 1.25. The third-order valence-electron chi connectivity index (χ3n) is 1.25. The van der Waals surface area contributed by atoms with E-state index in [1.165, 1.54) is 12.3 Å². The van der Waals surface area contributed by atoms with E-state index in [-0.39, 0.29) is 6.10 Å². The molecule has 0 amide bonds. The van der Waals surface area contributed by atoms with E-state index in [9.17, 15) is 4.39 Å². The van der Waals surface area contributed by atoms with Crippen LogP contribution in [0, 0.1) is 18.3 Å². The van der Waals surface area contributed by atoms with Crippen LogP contribution in [-0.2, 0) is 0 Å². The predicted octanol–water partition coefficient (Wildman–Crippen LogP) is 1.62. The number of pyridine rings is 1. The Bertz CT molecular complexity index is 306. The van der Waals surface area contributed by atoms with Crippen molar-refractivity contribution in [3.05, 3.63) is 24.3 Å². The van der Waals surface area contributed by atoms with E-state index in [1.807, 2.05) is 0 Å². The second-order valence-electron chi connectivity index (χ2n) is 2.24. The first-order valence-electron chi connectivity index (χ1n) is 3.46. The number of halogens is 1. The molecule has 0 saturated heterocycles. The zero-order chi connectivity index (χ0) is 8.97. The Labute approximate surface area is 70.4 Å². The Morgan fingerprint density at radius 3 is 3.08 bits per heavy atom. The minimum absolute atomic E-state index is 0.355. The molecular formula is C9H8FNO. The molecule has 0 aliphatic rings. The van der Waals surface area contributed by atoms with Gasteiger partial charge in [0.2, 0.25) is 5.95 Å². The second-order valence-corrected chi connectivity index (χ2v) is 2.24. The normalized spacial score (nSPS) is 11.8. The van der Waals surface area contributed by atoms with E-state index in [0.717, 1.165) is 0 Å².